The fourth-order valence-corrected chi connectivity index (χ4v) is 3.45. The minimum Gasteiger partial charge on any atom is -0.330 e. The third-order valence-electron chi connectivity index (χ3n) is 4.57. The summed E-state index contributed by atoms with van der Waals surface area (Å²) in [4.78, 5) is 26.2. The predicted octanol–water partition coefficient (Wildman–Crippen LogP) is 5.26. The van der Waals surface area contributed by atoms with Gasteiger partial charge in [0.15, 0.2) is 0 Å². The van der Waals surface area contributed by atoms with E-state index in [1.807, 2.05) is 44.2 Å². The second-order valence-corrected chi connectivity index (χ2v) is 8.17. The van der Waals surface area contributed by atoms with Gasteiger partial charge in [-0.05, 0) is 32.0 Å². The van der Waals surface area contributed by atoms with Crippen molar-refractivity contribution < 1.29 is 9.59 Å². The van der Waals surface area contributed by atoms with Gasteiger partial charge in [-0.1, -0.05) is 53.5 Å². The van der Waals surface area contributed by atoms with Crippen LogP contribution in [-0.2, 0) is 9.59 Å². The summed E-state index contributed by atoms with van der Waals surface area (Å²) >= 11 is 17.9. The van der Waals surface area contributed by atoms with Crippen LogP contribution in [0, 0.1) is 0 Å². The zero-order valence-corrected chi connectivity index (χ0v) is 19.2. The molecule has 1 heterocycles. The highest BCUT2D eigenvalue weighted by Gasteiger charge is 2.21. The Kier molecular flexibility index (Phi) is 7.59. The molecular weight excluding hydrogens is 459 g/mol. The normalized spacial score (nSPS) is 10.9. The molecular formula is C22H21Cl3N4O2. The first kappa shape index (κ1) is 23.1. The van der Waals surface area contributed by atoms with Gasteiger partial charge in [-0.15, -0.1) is 11.6 Å². The van der Waals surface area contributed by atoms with Crippen LogP contribution in [0.15, 0.2) is 54.6 Å². The van der Waals surface area contributed by atoms with Crippen molar-refractivity contribution in [2.75, 3.05) is 17.7 Å². The molecule has 31 heavy (non-hydrogen) atoms. The van der Waals surface area contributed by atoms with Crippen LogP contribution in [-0.4, -0.2) is 45.0 Å². The van der Waals surface area contributed by atoms with Gasteiger partial charge in [-0.3, -0.25) is 9.59 Å². The first-order valence-corrected chi connectivity index (χ1v) is 10.9. The Bertz CT molecular complexity index is 1080. The summed E-state index contributed by atoms with van der Waals surface area (Å²) in [6.45, 7) is 3.52. The highest BCUT2D eigenvalue weighted by Crippen LogP contribution is 2.29. The summed E-state index contributed by atoms with van der Waals surface area (Å²) in [6, 6.07) is 16.2. The largest absolute Gasteiger partial charge is 0.330 e. The van der Waals surface area contributed by atoms with Crippen molar-refractivity contribution in [3.8, 4) is 16.9 Å². The number of rotatable bonds is 7. The van der Waals surface area contributed by atoms with E-state index in [9.17, 15) is 9.59 Å². The summed E-state index contributed by atoms with van der Waals surface area (Å²) in [7, 11) is 0. The minimum absolute atomic E-state index is 0.129. The molecule has 3 rings (SSSR count). The first-order valence-electron chi connectivity index (χ1n) is 9.56. The van der Waals surface area contributed by atoms with Gasteiger partial charge in [0.1, 0.15) is 18.2 Å². The van der Waals surface area contributed by atoms with Crippen molar-refractivity contribution >= 4 is 52.4 Å². The highest BCUT2D eigenvalue weighted by atomic mass is 35.5. The molecule has 2 amide bonds. The predicted molar refractivity (Wildman–Crippen MR) is 125 cm³/mol. The van der Waals surface area contributed by atoms with Crippen LogP contribution in [0.3, 0.4) is 0 Å². The molecule has 0 saturated heterocycles. The van der Waals surface area contributed by atoms with Crippen LogP contribution in [0.25, 0.3) is 16.9 Å². The molecule has 2 aromatic carbocycles. The molecule has 6 nitrogen and oxygen atoms in total. The summed E-state index contributed by atoms with van der Waals surface area (Å²) in [5.74, 6) is -0.433. The molecule has 1 N–H and O–H groups in total. The van der Waals surface area contributed by atoms with Crippen molar-refractivity contribution in [3.63, 3.8) is 0 Å². The van der Waals surface area contributed by atoms with E-state index < -0.39 is 0 Å². The summed E-state index contributed by atoms with van der Waals surface area (Å²) in [5, 5.41) is 8.27. The van der Waals surface area contributed by atoms with Crippen LogP contribution >= 0.6 is 34.8 Å². The van der Waals surface area contributed by atoms with Gasteiger partial charge in [0, 0.05) is 17.7 Å². The average Bonchev–Trinajstić information content (AvgIpc) is 3.17. The monoisotopic (exact) mass is 478 g/mol. The third kappa shape index (κ3) is 5.58. The lowest BCUT2D eigenvalue weighted by molar-refractivity contribution is -0.134. The van der Waals surface area contributed by atoms with E-state index in [0.717, 1.165) is 5.56 Å². The lowest BCUT2D eigenvalue weighted by Gasteiger charge is -2.25. The van der Waals surface area contributed by atoms with E-state index in [1.54, 1.807) is 28.9 Å². The molecule has 0 radical (unpaired) electrons. The molecule has 0 aliphatic rings. The van der Waals surface area contributed by atoms with E-state index in [4.69, 9.17) is 34.8 Å². The van der Waals surface area contributed by atoms with E-state index in [1.165, 1.54) is 4.90 Å². The first-order chi connectivity index (χ1) is 14.8. The van der Waals surface area contributed by atoms with Gasteiger partial charge >= 0.3 is 0 Å². The number of anilines is 1. The summed E-state index contributed by atoms with van der Waals surface area (Å²) in [6.07, 6.45) is 0. The molecule has 0 aliphatic heterocycles. The molecule has 162 valence electrons. The molecule has 1 aromatic heterocycles. The zero-order chi connectivity index (χ0) is 22.5. The number of halogens is 3. The molecule has 0 saturated carbocycles. The smallest absolute Gasteiger partial charge is 0.245 e. The topological polar surface area (TPSA) is 67.2 Å². The van der Waals surface area contributed by atoms with Crippen molar-refractivity contribution in [3.05, 3.63) is 64.6 Å². The quantitative estimate of drug-likeness (QED) is 0.470. The molecule has 0 fully saturated rings. The third-order valence-corrected chi connectivity index (χ3v) is 5.53. The average molecular weight is 480 g/mol. The van der Waals surface area contributed by atoms with Gasteiger partial charge < -0.3 is 10.2 Å². The maximum atomic E-state index is 12.8. The number of nitrogens with zero attached hydrogens (tertiary/aromatic N) is 3. The van der Waals surface area contributed by atoms with Crippen molar-refractivity contribution in [1.82, 2.24) is 14.7 Å². The molecule has 0 unspecified atom stereocenters. The zero-order valence-electron chi connectivity index (χ0n) is 17.0. The van der Waals surface area contributed by atoms with E-state index in [-0.39, 0.29) is 30.3 Å². The van der Waals surface area contributed by atoms with Gasteiger partial charge in [-0.25, -0.2) is 4.68 Å². The fourth-order valence-electron chi connectivity index (χ4n) is 3.01. The maximum Gasteiger partial charge on any atom is 0.245 e. The molecule has 0 atom stereocenters. The van der Waals surface area contributed by atoms with Gasteiger partial charge in [0.05, 0.1) is 21.4 Å². The van der Waals surface area contributed by atoms with Crippen molar-refractivity contribution in [2.45, 2.75) is 19.9 Å². The van der Waals surface area contributed by atoms with Gasteiger partial charge in [0.2, 0.25) is 11.8 Å². The fraction of sp³-hybridized carbons (Fsp3) is 0.227. The standard InChI is InChI=1S/C22H21Cl3N4O2/c1-14(2)28(22(31)12-23)13-21(30)26-20-11-19(15-6-4-3-5-7-15)27-29(20)16-8-9-17(24)18(25)10-16/h3-11,14H,12-13H2,1-2H3,(H,26,30). The Balaban J connectivity index is 1.96. The number of hydrogen-bond acceptors (Lipinski definition) is 3. The maximum absolute atomic E-state index is 12.8. The van der Waals surface area contributed by atoms with Crippen LogP contribution in [0.1, 0.15) is 13.8 Å². The van der Waals surface area contributed by atoms with Crippen LogP contribution < -0.4 is 5.32 Å². The Morgan fingerprint density at radius 2 is 1.77 bits per heavy atom. The molecule has 3 aromatic rings. The number of hydrogen-bond donors (Lipinski definition) is 1. The van der Waals surface area contributed by atoms with E-state index >= 15 is 0 Å². The molecule has 0 spiro atoms. The Morgan fingerprint density at radius 3 is 2.39 bits per heavy atom. The molecule has 9 heteroatoms. The molecule has 0 aliphatic carbocycles. The highest BCUT2D eigenvalue weighted by molar-refractivity contribution is 6.42. The minimum atomic E-state index is -0.368. The van der Waals surface area contributed by atoms with Gasteiger partial charge in [0.25, 0.3) is 0 Å². The Hall–Kier alpha value is -2.54. The van der Waals surface area contributed by atoms with E-state index in [0.29, 0.717) is 27.2 Å². The number of benzene rings is 2. The Morgan fingerprint density at radius 1 is 1.06 bits per heavy atom. The second kappa shape index (κ2) is 10.2. The summed E-state index contributed by atoms with van der Waals surface area (Å²) in [5.41, 5.74) is 2.18. The number of carbonyl (C=O) groups is 2. The SMILES string of the molecule is CC(C)N(CC(=O)Nc1cc(-c2ccccc2)nn1-c1ccc(Cl)c(Cl)c1)C(=O)CCl. The second-order valence-electron chi connectivity index (χ2n) is 7.09. The van der Waals surface area contributed by atoms with E-state index in [2.05, 4.69) is 10.4 Å². The molecule has 0 bridgehead atoms. The number of carbonyl (C=O) groups excluding carboxylic acids is 2. The number of aromatic nitrogens is 2. The number of alkyl halides is 1. The van der Waals surface area contributed by atoms with Crippen molar-refractivity contribution in [1.29, 1.82) is 0 Å². The number of amides is 2. The van der Waals surface area contributed by atoms with Crippen LogP contribution in [0.2, 0.25) is 10.0 Å². The Labute approximate surface area is 195 Å². The van der Waals surface area contributed by atoms with Crippen LogP contribution in [0.4, 0.5) is 5.82 Å². The van der Waals surface area contributed by atoms with Crippen molar-refractivity contribution in [2.24, 2.45) is 0 Å². The van der Waals surface area contributed by atoms with Crippen LogP contribution in [0.5, 0.6) is 0 Å². The lowest BCUT2D eigenvalue weighted by Crippen LogP contribution is -2.43. The summed E-state index contributed by atoms with van der Waals surface area (Å²) < 4.78 is 1.57. The lowest BCUT2D eigenvalue weighted by atomic mass is 10.1. The number of nitrogens with one attached hydrogen (secondary N) is 1. The van der Waals surface area contributed by atoms with Gasteiger partial charge in [-0.2, -0.15) is 5.10 Å².